The molecular weight excluding hydrogens is 346 g/mol. The first-order valence-corrected chi connectivity index (χ1v) is 7.50. The minimum atomic E-state index is -4.46. The van der Waals surface area contributed by atoms with E-state index in [0.717, 1.165) is 12.1 Å². The Morgan fingerprint density at radius 2 is 0.960 bits per heavy atom. The SMILES string of the molecule is FC(F)(F)c1ccccc1NCCCNc1ccccc1C(F)(F)F. The Labute approximate surface area is 140 Å². The van der Waals surface area contributed by atoms with Crippen molar-refractivity contribution in [2.75, 3.05) is 23.7 Å². The maximum absolute atomic E-state index is 12.8. The zero-order chi connectivity index (χ0) is 18.5. The van der Waals surface area contributed by atoms with Crippen molar-refractivity contribution in [3.8, 4) is 0 Å². The molecule has 0 spiro atoms. The highest BCUT2D eigenvalue weighted by molar-refractivity contribution is 5.53. The lowest BCUT2D eigenvalue weighted by atomic mass is 10.1. The van der Waals surface area contributed by atoms with Gasteiger partial charge in [-0.3, -0.25) is 0 Å². The van der Waals surface area contributed by atoms with Crippen molar-refractivity contribution in [3.05, 3.63) is 59.7 Å². The summed E-state index contributed by atoms with van der Waals surface area (Å²) in [7, 11) is 0. The van der Waals surface area contributed by atoms with Gasteiger partial charge in [-0.25, -0.2) is 0 Å². The number of hydrogen-bond donors (Lipinski definition) is 2. The summed E-state index contributed by atoms with van der Waals surface area (Å²) in [5.74, 6) is 0. The van der Waals surface area contributed by atoms with Crippen molar-refractivity contribution in [1.29, 1.82) is 0 Å². The molecule has 2 rings (SSSR count). The molecule has 2 nitrogen and oxygen atoms in total. The van der Waals surface area contributed by atoms with E-state index in [0.29, 0.717) is 6.42 Å². The Kier molecular flexibility index (Phi) is 5.81. The number of alkyl halides is 6. The van der Waals surface area contributed by atoms with E-state index in [9.17, 15) is 26.3 Å². The number of halogens is 6. The van der Waals surface area contributed by atoms with Crippen LogP contribution in [0.1, 0.15) is 17.5 Å². The minimum Gasteiger partial charge on any atom is -0.384 e. The molecular formula is C17H16F6N2. The summed E-state index contributed by atoms with van der Waals surface area (Å²) in [6.45, 7) is 0.378. The molecule has 0 fully saturated rings. The van der Waals surface area contributed by atoms with Crippen LogP contribution in [0.15, 0.2) is 48.5 Å². The van der Waals surface area contributed by atoms with Crippen molar-refractivity contribution in [2.45, 2.75) is 18.8 Å². The molecule has 0 radical (unpaired) electrons. The van der Waals surface area contributed by atoms with Crippen LogP contribution in [0.25, 0.3) is 0 Å². The second kappa shape index (κ2) is 7.67. The van der Waals surface area contributed by atoms with E-state index < -0.39 is 23.5 Å². The molecule has 0 aliphatic carbocycles. The molecule has 0 bridgehead atoms. The van der Waals surface area contributed by atoms with Gasteiger partial charge in [0.2, 0.25) is 0 Å². The van der Waals surface area contributed by atoms with Gasteiger partial charge in [0.1, 0.15) is 0 Å². The highest BCUT2D eigenvalue weighted by atomic mass is 19.4. The van der Waals surface area contributed by atoms with Crippen LogP contribution < -0.4 is 10.6 Å². The molecule has 8 heteroatoms. The summed E-state index contributed by atoms with van der Waals surface area (Å²) in [6, 6.07) is 10.1. The normalized spacial score (nSPS) is 12.1. The van der Waals surface area contributed by atoms with Crippen molar-refractivity contribution in [2.24, 2.45) is 0 Å². The van der Waals surface area contributed by atoms with Gasteiger partial charge < -0.3 is 10.6 Å². The number of hydrogen-bond acceptors (Lipinski definition) is 2. The molecule has 0 saturated heterocycles. The molecule has 0 saturated carbocycles. The molecule has 2 N–H and O–H groups in total. The molecule has 0 aromatic heterocycles. The predicted octanol–water partition coefficient (Wildman–Crippen LogP) is 5.64. The molecule has 0 unspecified atom stereocenters. The average Bonchev–Trinajstić information content (AvgIpc) is 2.53. The van der Waals surface area contributed by atoms with E-state index in [1.165, 1.54) is 36.4 Å². The third kappa shape index (κ3) is 5.30. The quantitative estimate of drug-likeness (QED) is 0.513. The monoisotopic (exact) mass is 362 g/mol. The number of para-hydroxylation sites is 2. The van der Waals surface area contributed by atoms with Crippen LogP contribution in [0.4, 0.5) is 37.7 Å². The summed E-state index contributed by atoms with van der Waals surface area (Å²) in [6.07, 6.45) is -8.58. The minimum absolute atomic E-state index is 0.0503. The van der Waals surface area contributed by atoms with E-state index in [2.05, 4.69) is 10.6 Å². The molecule has 0 amide bonds. The summed E-state index contributed by atoms with van der Waals surface area (Å²) < 4.78 is 77.1. The molecule has 0 aliphatic heterocycles. The van der Waals surface area contributed by atoms with Gasteiger partial charge in [0.25, 0.3) is 0 Å². The topological polar surface area (TPSA) is 24.1 Å². The number of nitrogens with one attached hydrogen (secondary N) is 2. The van der Waals surface area contributed by atoms with Gasteiger partial charge in [-0.05, 0) is 30.7 Å². The first-order chi connectivity index (χ1) is 11.7. The summed E-state index contributed by atoms with van der Waals surface area (Å²) >= 11 is 0. The number of anilines is 2. The Hall–Kier alpha value is -2.38. The lowest BCUT2D eigenvalue weighted by Gasteiger charge is -2.16. The summed E-state index contributed by atoms with van der Waals surface area (Å²) in [5, 5.41) is 5.34. The smallest absolute Gasteiger partial charge is 0.384 e. The highest BCUT2D eigenvalue weighted by Gasteiger charge is 2.33. The predicted molar refractivity (Wildman–Crippen MR) is 84.5 cm³/mol. The Bertz CT molecular complexity index is 635. The maximum Gasteiger partial charge on any atom is 0.418 e. The van der Waals surface area contributed by atoms with Gasteiger partial charge in [-0.1, -0.05) is 24.3 Å². The number of rotatable bonds is 6. The van der Waals surface area contributed by atoms with Gasteiger partial charge in [-0.2, -0.15) is 26.3 Å². The summed E-state index contributed by atoms with van der Waals surface area (Å²) in [5.41, 5.74) is -1.65. The van der Waals surface area contributed by atoms with E-state index in [1.807, 2.05) is 0 Å². The number of benzene rings is 2. The van der Waals surface area contributed by atoms with Crippen LogP contribution in [-0.2, 0) is 12.4 Å². The molecule has 2 aromatic rings. The van der Waals surface area contributed by atoms with Crippen LogP contribution in [0, 0.1) is 0 Å². The van der Waals surface area contributed by atoms with Gasteiger partial charge in [0.15, 0.2) is 0 Å². The first kappa shape index (κ1) is 19.0. The molecule has 2 aromatic carbocycles. The Balaban J connectivity index is 1.88. The summed E-state index contributed by atoms with van der Waals surface area (Å²) in [4.78, 5) is 0. The highest BCUT2D eigenvalue weighted by Crippen LogP contribution is 2.35. The second-order valence-electron chi connectivity index (χ2n) is 5.29. The van der Waals surface area contributed by atoms with Crippen LogP contribution in [0.5, 0.6) is 0 Å². The van der Waals surface area contributed by atoms with Crippen LogP contribution >= 0.6 is 0 Å². The van der Waals surface area contributed by atoms with E-state index in [4.69, 9.17) is 0 Å². The fourth-order valence-electron chi connectivity index (χ4n) is 2.30. The molecule has 0 heterocycles. The lowest BCUT2D eigenvalue weighted by Crippen LogP contribution is -2.15. The maximum atomic E-state index is 12.8. The standard InChI is InChI=1S/C17H16F6N2/c18-16(19,20)12-6-1-3-8-14(12)24-10-5-11-25-15-9-4-2-7-13(15)17(21,22)23/h1-4,6-9,24-25H,5,10-11H2. The van der Waals surface area contributed by atoms with Crippen LogP contribution in [-0.4, -0.2) is 13.1 Å². The van der Waals surface area contributed by atoms with Gasteiger partial charge >= 0.3 is 12.4 Å². The Morgan fingerprint density at radius 3 is 1.32 bits per heavy atom. The Morgan fingerprint density at radius 1 is 0.600 bits per heavy atom. The van der Waals surface area contributed by atoms with Gasteiger partial charge in [-0.15, -0.1) is 0 Å². The molecule has 25 heavy (non-hydrogen) atoms. The van der Waals surface area contributed by atoms with Crippen LogP contribution in [0.2, 0.25) is 0 Å². The average molecular weight is 362 g/mol. The van der Waals surface area contributed by atoms with Crippen molar-refractivity contribution >= 4 is 11.4 Å². The zero-order valence-corrected chi connectivity index (χ0v) is 13.0. The second-order valence-corrected chi connectivity index (χ2v) is 5.29. The molecule has 0 aliphatic rings. The van der Waals surface area contributed by atoms with Crippen molar-refractivity contribution < 1.29 is 26.3 Å². The fraction of sp³-hybridized carbons (Fsp3) is 0.294. The molecule has 0 atom stereocenters. The lowest BCUT2D eigenvalue weighted by molar-refractivity contribution is -0.137. The van der Waals surface area contributed by atoms with Gasteiger partial charge in [0, 0.05) is 24.5 Å². The van der Waals surface area contributed by atoms with E-state index in [-0.39, 0.29) is 24.5 Å². The van der Waals surface area contributed by atoms with Crippen LogP contribution in [0.3, 0.4) is 0 Å². The van der Waals surface area contributed by atoms with E-state index >= 15 is 0 Å². The fourth-order valence-corrected chi connectivity index (χ4v) is 2.30. The molecule has 136 valence electrons. The third-order valence-corrected chi connectivity index (χ3v) is 3.45. The van der Waals surface area contributed by atoms with Crippen molar-refractivity contribution in [1.82, 2.24) is 0 Å². The third-order valence-electron chi connectivity index (χ3n) is 3.45. The van der Waals surface area contributed by atoms with Crippen molar-refractivity contribution in [3.63, 3.8) is 0 Å². The zero-order valence-electron chi connectivity index (χ0n) is 13.0. The first-order valence-electron chi connectivity index (χ1n) is 7.50. The largest absolute Gasteiger partial charge is 0.418 e. The van der Waals surface area contributed by atoms with E-state index in [1.54, 1.807) is 0 Å². The van der Waals surface area contributed by atoms with Gasteiger partial charge in [0.05, 0.1) is 11.1 Å².